The summed E-state index contributed by atoms with van der Waals surface area (Å²) in [7, 11) is -3.68. The Balaban J connectivity index is 1.59. The molecule has 1 aromatic heterocycles. The predicted molar refractivity (Wildman–Crippen MR) is 102 cm³/mol. The summed E-state index contributed by atoms with van der Waals surface area (Å²) in [4.78, 5) is 30.5. The zero-order chi connectivity index (χ0) is 19.0. The van der Waals surface area contributed by atoms with Gasteiger partial charge in [0.1, 0.15) is 0 Å². The van der Waals surface area contributed by atoms with Crippen LogP contribution in [0.4, 0.5) is 0 Å². The highest BCUT2D eigenvalue weighted by atomic mass is 32.2. The maximum Gasteiger partial charge on any atom is 0.326 e. The number of sulfonamides is 1. The van der Waals surface area contributed by atoms with E-state index >= 15 is 0 Å². The van der Waals surface area contributed by atoms with Gasteiger partial charge in [0, 0.05) is 19.6 Å². The molecule has 0 aliphatic carbocycles. The van der Waals surface area contributed by atoms with Crippen molar-refractivity contribution in [3.63, 3.8) is 0 Å². The SMILES string of the molecule is O=c1[nH]c(=O)c2cc(S(=O)(=O)N3CCC[C@H](CN4CCCC4)C3)ccc2[nH]1. The molecule has 2 aliphatic rings. The lowest BCUT2D eigenvalue weighted by molar-refractivity contribution is 0.200. The van der Waals surface area contributed by atoms with Crippen LogP contribution in [0.5, 0.6) is 0 Å². The molecular formula is C18H24N4O4S. The van der Waals surface area contributed by atoms with Gasteiger partial charge in [-0.1, -0.05) is 0 Å². The number of aromatic nitrogens is 2. The normalized spacial score (nSPS) is 22.4. The van der Waals surface area contributed by atoms with Crippen molar-refractivity contribution in [3.05, 3.63) is 39.0 Å². The fourth-order valence-electron chi connectivity index (χ4n) is 4.18. The van der Waals surface area contributed by atoms with Gasteiger partial charge in [-0.15, -0.1) is 0 Å². The lowest BCUT2D eigenvalue weighted by atomic mass is 9.99. The number of fused-ring (bicyclic) bond motifs is 1. The Bertz CT molecular complexity index is 1050. The summed E-state index contributed by atoms with van der Waals surface area (Å²) in [5.74, 6) is 0.340. The predicted octanol–water partition coefficient (Wildman–Crippen LogP) is 0.713. The molecule has 0 saturated carbocycles. The molecule has 1 atom stereocenters. The minimum atomic E-state index is -3.68. The van der Waals surface area contributed by atoms with Crippen molar-refractivity contribution in [2.75, 3.05) is 32.7 Å². The first-order valence-electron chi connectivity index (χ1n) is 9.42. The molecule has 2 fully saturated rings. The number of nitrogens with one attached hydrogen (secondary N) is 2. The van der Waals surface area contributed by atoms with Crippen molar-refractivity contribution in [2.45, 2.75) is 30.6 Å². The molecule has 2 saturated heterocycles. The topological polar surface area (TPSA) is 106 Å². The molecular weight excluding hydrogens is 368 g/mol. The van der Waals surface area contributed by atoms with Crippen molar-refractivity contribution in [1.82, 2.24) is 19.2 Å². The first-order valence-corrected chi connectivity index (χ1v) is 10.9. The Labute approximate surface area is 157 Å². The van der Waals surface area contributed by atoms with Gasteiger partial charge in [-0.2, -0.15) is 4.31 Å². The molecule has 0 spiro atoms. The molecule has 27 heavy (non-hydrogen) atoms. The van der Waals surface area contributed by atoms with Crippen LogP contribution >= 0.6 is 0 Å². The molecule has 2 N–H and O–H groups in total. The highest BCUT2D eigenvalue weighted by Crippen LogP contribution is 2.26. The number of rotatable bonds is 4. The maximum absolute atomic E-state index is 13.1. The molecule has 3 heterocycles. The number of piperidine rings is 1. The summed E-state index contributed by atoms with van der Waals surface area (Å²) in [5, 5.41) is 0.168. The first-order chi connectivity index (χ1) is 12.9. The van der Waals surface area contributed by atoms with E-state index in [1.165, 1.54) is 35.3 Å². The average Bonchev–Trinajstić information content (AvgIpc) is 3.14. The Morgan fingerprint density at radius 2 is 1.81 bits per heavy atom. The number of aromatic amines is 2. The van der Waals surface area contributed by atoms with Gasteiger partial charge >= 0.3 is 5.69 Å². The third kappa shape index (κ3) is 3.71. The number of H-pyrrole nitrogens is 2. The van der Waals surface area contributed by atoms with Gasteiger partial charge in [-0.05, 0) is 62.9 Å². The number of hydrogen-bond donors (Lipinski definition) is 2. The summed E-state index contributed by atoms with van der Waals surface area (Å²) < 4.78 is 27.8. The third-order valence-electron chi connectivity index (χ3n) is 5.55. The first kappa shape index (κ1) is 18.4. The molecule has 0 radical (unpaired) electrons. The van der Waals surface area contributed by atoms with E-state index in [1.807, 2.05) is 0 Å². The molecule has 2 aliphatic heterocycles. The highest BCUT2D eigenvalue weighted by molar-refractivity contribution is 7.89. The quantitative estimate of drug-likeness (QED) is 0.797. The number of hydrogen-bond acceptors (Lipinski definition) is 5. The third-order valence-corrected chi connectivity index (χ3v) is 7.41. The van der Waals surface area contributed by atoms with Crippen LogP contribution in [-0.2, 0) is 10.0 Å². The molecule has 4 rings (SSSR count). The standard InChI is InChI=1S/C18H24N4O4S/c23-17-15-10-14(5-6-16(15)19-18(24)20-17)27(25,26)22-9-3-4-13(12-22)11-21-7-1-2-8-21/h5-6,10,13H,1-4,7-9,11-12H2,(H2,19,20,23,24)/t13-/m1/s1. The van der Waals surface area contributed by atoms with Crippen LogP contribution in [0.2, 0.25) is 0 Å². The maximum atomic E-state index is 13.1. The molecule has 2 aromatic rings. The monoisotopic (exact) mass is 392 g/mol. The minimum Gasteiger partial charge on any atom is -0.307 e. The smallest absolute Gasteiger partial charge is 0.307 e. The zero-order valence-corrected chi connectivity index (χ0v) is 15.9. The number of likely N-dealkylation sites (tertiary alicyclic amines) is 1. The number of nitrogens with zero attached hydrogens (tertiary/aromatic N) is 2. The second kappa shape index (κ2) is 7.21. The van der Waals surface area contributed by atoms with E-state index in [-0.39, 0.29) is 10.3 Å². The lowest BCUT2D eigenvalue weighted by Gasteiger charge is -2.34. The van der Waals surface area contributed by atoms with Gasteiger partial charge in [-0.3, -0.25) is 9.78 Å². The molecule has 146 valence electrons. The van der Waals surface area contributed by atoms with Crippen LogP contribution in [0.1, 0.15) is 25.7 Å². The Hall–Kier alpha value is -1.97. The lowest BCUT2D eigenvalue weighted by Crippen LogP contribution is -2.43. The van der Waals surface area contributed by atoms with Gasteiger partial charge < -0.3 is 9.88 Å². The Morgan fingerprint density at radius 3 is 2.59 bits per heavy atom. The van der Waals surface area contributed by atoms with Crippen molar-refractivity contribution in [2.24, 2.45) is 5.92 Å². The Kier molecular flexibility index (Phi) is 4.92. The average molecular weight is 392 g/mol. The molecule has 0 bridgehead atoms. The Morgan fingerprint density at radius 1 is 1.04 bits per heavy atom. The highest BCUT2D eigenvalue weighted by Gasteiger charge is 2.31. The summed E-state index contributed by atoms with van der Waals surface area (Å²) >= 11 is 0. The van der Waals surface area contributed by atoms with Crippen LogP contribution < -0.4 is 11.2 Å². The zero-order valence-electron chi connectivity index (χ0n) is 15.1. The van der Waals surface area contributed by atoms with E-state index in [1.54, 1.807) is 0 Å². The largest absolute Gasteiger partial charge is 0.326 e. The van der Waals surface area contributed by atoms with Crippen molar-refractivity contribution < 1.29 is 8.42 Å². The van der Waals surface area contributed by atoms with E-state index in [0.29, 0.717) is 24.5 Å². The van der Waals surface area contributed by atoms with Gasteiger partial charge in [0.05, 0.1) is 15.8 Å². The van der Waals surface area contributed by atoms with E-state index in [2.05, 4.69) is 14.9 Å². The molecule has 0 amide bonds. The van der Waals surface area contributed by atoms with Crippen LogP contribution in [0.25, 0.3) is 10.9 Å². The van der Waals surface area contributed by atoms with Gasteiger partial charge in [0.2, 0.25) is 10.0 Å². The summed E-state index contributed by atoms with van der Waals surface area (Å²) in [6.45, 7) is 4.17. The fraction of sp³-hybridized carbons (Fsp3) is 0.556. The molecule has 1 aromatic carbocycles. The van der Waals surface area contributed by atoms with Crippen molar-refractivity contribution in [1.29, 1.82) is 0 Å². The molecule has 0 unspecified atom stereocenters. The van der Waals surface area contributed by atoms with E-state index in [9.17, 15) is 18.0 Å². The van der Waals surface area contributed by atoms with Crippen molar-refractivity contribution in [3.8, 4) is 0 Å². The van der Waals surface area contributed by atoms with Crippen molar-refractivity contribution >= 4 is 20.9 Å². The molecule has 9 heteroatoms. The van der Waals surface area contributed by atoms with E-state index < -0.39 is 21.3 Å². The van der Waals surface area contributed by atoms with Gasteiger partial charge in [0.15, 0.2) is 0 Å². The van der Waals surface area contributed by atoms with Crippen LogP contribution in [0.15, 0.2) is 32.7 Å². The van der Waals surface area contributed by atoms with Crippen LogP contribution in [0, 0.1) is 5.92 Å². The second-order valence-electron chi connectivity index (χ2n) is 7.49. The summed E-state index contributed by atoms with van der Waals surface area (Å²) in [6.07, 6.45) is 4.34. The second-order valence-corrected chi connectivity index (χ2v) is 9.43. The summed E-state index contributed by atoms with van der Waals surface area (Å²) in [5.41, 5.74) is -0.867. The summed E-state index contributed by atoms with van der Waals surface area (Å²) in [6, 6.07) is 4.28. The van der Waals surface area contributed by atoms with Crippen LogP contribution in [0.3, 0.4) is 0 Å². The minimum absolute atomic E-state index is 0.0920. The van der Waals surface area contributed by atoms with Gasteiger partial charge in [0.25, 0.3) is 5.56 Å². The van der Waals surface area contributed by atoms with E-state index in [0.717, 1.165) is 32.5 Å². The molecule has 8 nitrogen and oxygen atoms in total. The fourth-order valence-corrected chi connectivity index (χ4v) is 5.76. The number of benzene rings is 1. The van der Waals surface area contributed by atoms with E-state index in [4.69, 9.17) is 0 Å². The van der Waals surface area contributed by atoms with Crippen LogP contribution in [-0.4, -0.2) is 60.3 Å². The van der Waals surface area contributed by atoms with Gasteiger partial charge in [-0.25, -0.2) is 13.2 Å².